The number of nitrogens with zero attached hydrogens (tertiary/aromatic N) is 2. The van der Waals surface area contributed by atoms with Crippen LogP contribution in [0.4, 0.5) is 5.69 Å². The molecular weight excluding hydrogens is 380 g/mol. The highest BCUT2D eigenvalue weighted by atomic mass is 32.2. The maximum absolute atomic E-state index is 12.9. The normalized spacial score (nSPS) is 11.9. The number of pyridine rings is 1. The minimum Gasteiger partial charge on any atom is -0.481 e. The van der Waals surface area contributed by atoms with Gasteiger partial charge >= 0.3 is 5.69 Å². The van der Waals surface area contributed by atoms with Crippen molar-refractivity contribution >= 4 is 34.3 Å². The lowest BCUT2D eigenvalue weighted by atomic mass is 10.1. The summed E-state index contributed by atoms with van der Waals surface area (Å²) < 4.78 is 5.99. The Bertz CT molecular complexity index is 1090. The van der Waals surface area contributed by atoms with Crippen LogP contribution in [0.15, 0.2) is 52.2 Å². The largest absolute Gasteiger partial charge is 0.481 e. The van der Waals surface area contributed by atoms with Crippen molar-refractivity contribution in [2.45, 2.75) is 12.5 Å². The third-order valence-corrected chi connectivity index (χ3v) is 4.90. The third kappa shape index (κ3) is 4.09. The number of para-hydroxylation sites is 1. The average Bonchev–Trinajstić information content (AvgIpc) is 2.70. The van der Waals surface area contributed by atoms with E-state index in [0.717, 1.165) is 4.57 Å². The minimum atomic E-state index is -0.949. The lowest BCUT2D eigenvalue weighted by Crippen LogP contribution is -2.43. The highest BCUT2D eigenvalue weighted by Crippen LogP contribution is 2.17. The molecule has 0 fully saturated rings. The molecule has 0 aliphatic rings. The van der Waals surface area contributed by atoms with Gasteiger partial charge in [-0.1, -0.05) is 12.1 Å². The van der Waals surface area contributed by atoms with Gasteiger partial charge in [-0.05, 0) is 36.6 Å². The van der Waals surface area contributed by atoms with Crippen LogP contribution < -0.4 is 21.3 Å². The number of aromatic nitrogens is 3. The van der Waals surface area contributed by atoms with Crippen molar-refractivity contribution in [1.82, 2.24) is 14.5 Å². The topological polar surface area (TPSA) is 106 Å². The molecule has 3 aromatic rings. The van der Waals surface area contributed by atoms with Crippen molar-refractivity contribution in [2.24, 2.45) is 0 Å². The number of nitrogens with one attached hydrogen (secondary N) is 2. The van der Waals surface area contributed by atoms with Crippen LogP contribution in [-0.4, -0.2) is 39.6 Å². The second-order valence-electron chi connectivity index (χ2n) is 6.03. The molecule has 2 N–H and O–H groups in total. The number of rotatable bonds is 7. The number of hydrogen-bond donors (Lipinski definition) is 2. The van der Waals surface area contributed by atoms with Crippen LogP contribution in [0, 0.1) is 0 Å². The highest BCUT2D eigenvalue weighted by molar-refractivity contribution is 7.98. The van der Waals surface area contributed by atoms with Gasteiger partial charge in [0.15, 0.2) is 0 Å². The fourth-order valence-electron chi connectivity index (χ4n) is 2.87. The van der Waals surface area contributed by atoms with Crippen molar-refractivity contribution in [3.8, 4) is 5.88 Å². The third-order valence-electron chi connectivity index (χ3n) is 4.26. The predicted octanol–water partition coefficient (Wildman–Crippen LogP) is 2.03. The van der Waals surface area contributed by atoms with E-state index in [2.05, 4.69) is 15.3 Å². The fraction of sp³-hybridized carbons (Fsp3) is 0.263. The number of H-pyrrole nitrogens is 1. The number of carbonyl (C=O) groups is 1. The summed E-state index contributed by atoms with van der Waals surface area (Å²) in [5, 5.41) is 3.08. The van der Waals surface area contributed by atoms with Crippen LogP contribution in [0.2, 0.25) is 0 Å². The molecule has 28 heavy (non-hydrogen) atoms. The number of thioether (sulfide) groups is 1. The van der Waals surface area contributed by atoms with Gasteiger partial charge in [0.05, 0.1) is 29.9 Å². The van der Waals surface area contributed by atoms with Crippen molar-refractivity contribution in [3.05, 3.63) is 63.4 Å². The minimum absolute atomic E-state index is 0.331. The highest BCUT2D eigenvalue weighted by Gasteiger charge is 2.24. The number of aromatic amines is 1. The molecule has 0 unspecified atom stereocenters. The molecule has 0 spiro atoms. The SMILES string of the molecule is COc1ccc(NC(=O)[C@H](CCSC)n2c(=O)[nH]c3ccccc3c2=O)cn1. The summed E-state index contributed by atoms with van der Waals surface area (Å²) in [6.07, 6.45) is 3.68. The number of hydrogen-bond acceptors (Lipinski definition) is 6. The van der Waals surface area contributed by atoms with Crippen LogP contribution in [0.5, 0.6) is 5.88 Å². The number of amides is 1. The molecule has 0 aliphatic carbocycles. The molecule has 8 nitrogen and oxygen atoms in total. The smallest absolute Gasteiger partial charge is 0.329 e. The Kier molecular flexibility index (Phi) is 6.15. The van der Waals surface area contributed by atoms with Gasteiger partial charge in [0, 0.05) is 6.07 Å². The molecule has 3 rings (SSSR count). The number of anilines is 1. The zero-order chi connectivity index (χ0) is 20.1. The van der Waals surface area contributed by atoms with Crippen LogP contribution in [-0.2, 0) is 4.79 Å². The summed E-state index contributed by atoms with van der Waals surface area (Å²) in [5.41, 5.74) is -0.214. The zero-order valence-corrected chi connectivity index (χ0v) is 16.3. The van der Waals surface area contributed by atoms with E-state index in [0.29, 0.717) is 34.6 Å². The molecule has 146 valence electrons. The standard InChI is InChI=1S/C19H20N4O4S/c1-27-16-8-7-12(11-20-16)21-17(24)15(9-10-28-2)23-18(25)13-5-3-4-6-14(13)22-19(23)26/h3-8,11,15H,9-10H2,1-2H3,(H,21,24)(H,22,26)/t15-/m0/s1. The molecule has 0 saturated carbocycles. The van der Waals surface area contributed by atoms with Crippen molar-refractivity contribution < 1.29 is 9.53 Å². The van der Waals surface area contributed by atoms with E-state index in [1.807, 2.05) is 6.26 Å². The van der Waals surface area contributed by atoms with Gasteiger partial charge in [0.25, 0.3) is 5.56 Å². The fourth-order valence-corrected chi connectivity index (χ4v) is 3.33. The van der Waals surface area contributed by atoms with E-state index < -0.39 is 23.2 Å². The Balaban J connectivity index is 1.99. The number of ether oxygens (including phenoxy) is 1. The first kappa shape index (κ1) is 19.7. The molecule has 1 amide bonds. The molecule has 1 atom stereocenters. The summed E-state index contributed by atoms with van der Waals surface area (Å²) in [4.78, 5) is 45.2. The molecule has 2 aromatic heterocycles. The van der Waals surface area contributed by atoms with Gasteiger partial charge in [-0.2, -0.15) is 11.8 Å². The Morgan fingerprint density at radius 1 is 1.29 bits per heavy atom. The van der Waals surface area contributed by atoms with Crippen molar-refractivity contribution in [3.63, 3.8) is 0 Å². The van der Waals surface area contributed by atoms with Crippen molar-refractivity contribution in [2.75, 3.05) is 24.4 Å². The summed E-state index contributed by atoms with van der Waals surface area (Å²) in [6, 6.07) is 9.03. The first-order chi connectivity index (χ1) is 13.5. The van der Waals surface area contributed by atoms with E-state index in [1.54, 1.807) is 36.4 Å². The molecule has 0 aliphatic heterocycles. The molecule has 0 bridgehead atoms. The van der Waals surface area contributed by atoms with Crippen LogP contribution >= 0.6 is 11.8 Å². The molecule has 9 heteroatoms. The first-order valence-electron chi connectivity index (χ1n) is 8.58. The maximum Gasteiger partial charge on any atom is 0.329 e. The van der Waals surface area contributed by atoms with E-state index in [-0.39, 0.29) is 0 Å². The molecule has 1 aromatic carbocycles. The zero-order valence-electron chi connectivity index (χ0n) is 15.5. The number of benzene rings is 1. The van der Waals surface area contributed by atoms with Gasteiger partial charge < -0.3 is 15.0 Å². The maximum atomic E-state index is 12.9. The second kappa shape index (κ2) is 8.75. The lowest BCUT2D eigenvalue weighted by molar-refractivity contribution is -0.119. The monoisotopic (exact) mass is 400 g/mol. The van der Waals surface area contributed by atoms with E-state index in [1.165, 1.54) is 25.1 Å². The van der Waals surface area contributed by atoms with Crippen LogP contribution in [0.1, 0.15) is 12.5 Å². The number of methoxy groups -OCH3 is 1. The molecule has 0 saturated heterocycles. The Morgan fingerprint density at radius 2 is 2.07 bits per heavy atom. The summed E-state index contributed by atoms with van der Waals surface area (Å²) in [7, 11) is 1.50. The lowest BCUT2D eigenvalue weighted by Gasteiger charge is -2.18. The predicted molar refractivity (Wildman–Crippen MR) is 110 cm³/mol. The molecule has 0 radical (unpaired) electrons. The first-order valence-corrected chi connectivity index (χ1v) is 9.98. The van der Waals surface area contributed by atoms with Gasteiger partial charge in [0.2, 0.25) is 11.8 Å². The second-order valence-corrected chi connectivity index (χ2v) is 7.01. The van der Waals surface area contributed by atoms with E-state index in [9.17, 15) is 14.4 Å². The quantitative estimate of drug-likeness (QED) is 0.629. The number of fused-ring (bicyclic) bond motifs is 1. The van der Waals surface area contributed by atoms with Gasteiger partial charge in [-0.25, -0.2) is 14.3 Å². The van der Waals surface area contributed by atoms with Crippen LogP contribution in [0.25, 0.3) is 10.9 Å². The molecule has 2 heterocycles. The Hall–Kier alpha value is -3.07. The van der Waals surface area contributed by atoms with Crippen LogP contribution in [0.3, 0.4) is 0 Å². The van der Waals surface area contributed by atoms with E-state index in [4.69, 9.17) is 4.74 Å². The Labute approximate surface area is 164 Å². The van der Waals surface area contributed by atoms with Gasteiger partial charge in [-0.3, -0.25) is 9.59 Å². The number of carbonyl (C=O) groups excluding carboxylic acids is 1. The average molecular weight is 400 g/mol. The summed E-state index contributed by atoms with van der Waals surface area (Å²) >= 11 is 1.53. The summed E-state index contributed by atoms with van der Waals surface area (Å²) in [5.74, 6) is 0.570. The summed E-state index contributed by atoms with van der Waals surface area (Å²) in [6.45, 7) is 0. The van der Waals surface area contributed by atoms with Crippen molar-refractivity contribution in [1.29, 1.82) is 0 Å². The van der Waals surface area contributed by atoms with Gasteiger partial charge in [-0.15, -0.1) is 0 Å². The molecular formula is C19H20N4O4S. The Morgan fingerprint density at radius 3 is 2.75 bits per heavy atom. The van der Waals surface area contributed by atoms with E-state index >= 15 is 0 Å². The van der Waals surface area contributed by atoms with Gasteiger partial charge in [0.1, 0.15) is 6.04 Å².